The molecule has 0 amide bonds. The Labute approximate surface area is 115 Å². The van der Waals surface area contributed by atoms with Crippen LogP contribution in [-0.4, -0.2) is 13.4 Å². The van der Waals surface area contributed by atoms with Gasteiger partial charge in [0.1, 0.15) is 5.75 Å². The minimum Gasteiger partial charge on any atom is -0.495 e. The van der Waals surface area contributed by atoms with Gasteiger partial charge in [-0.2, -0.15) is 0 Å². The minimum atomic E-state index is 0.438. The molecule has 0 saturated carbocycles. The summed E-state index contributed by atoms with van der Waals surface area (Å²) >= 11 is 11.9. The van der Waals surface area contributed by atoms with E-state index in [9.17, 15) is 4.79 Å². The van der Waals surface area contributed by atoms with Gasteiger partial charge in [0.2, 0.25) is 0 Å². The van der Waals surface area contributed by atoms with Gasteiger partial charge in [0.05, 0.1) is 17.2 Å². The molecule has 0 aliphatic carbocycles. The second kappa shape index (κ2) is 5.42. The molecule has 4 heteroatoms. The largest absolute Gasteiger partial charge is 0.495 e. The molecule has 92 valence electrons. The Hall–Kier alpha value is -1.51. The molecule has 0 N–H and O–H groups in total. The number of ether oxygens (including phenoxy) is 1. The van der Waals surface area contributed by atoms with Crippen molar-refractivity contribution in [2.24, 2.45) is 0 Å². The number of carbonyl (C=O) groups is 1. The van der Waals surface area contributed by atoms with Crippen molar-refractivity contribution in [1.29, 1.82) is 0 Å². The van der Waals surface area contributed by atoms with Crippen LogP contribution in [0.25, 0.3) is 11.1 Å². The molecule has 0 bridgehead atoms. The van der Waals surface area contributed by atoms with Crippen molar-refractivity contribution >= 4 is 29.5 Å². The van der Waals surface area contributed by atoms with E-state index in [4.69, 9.17) is 27.9 Å². The summed E-state index contributed by atoms with van der Waals surface area (Å²) in [5.41, 5.74) is 2.24. The van der Waals surface area contributed by atoms with Crippen LogP contribution in [0.15, 0.2) is 36.4 Å². The van der Waals surface area contributed by atoms with E-state index in [1.807, 2.05) is 12.1 Å². The lowest BCUT2D eigenvalue weighted by Crippen LogP contribution is -1.87. The fourth-order valence-electron chi connectivity index (χ4n) is 1.66. The third-order valence-electron chi connectivity index (χ3n) is 2.61. The average Bonchev–Trinajstić information content (AvgIpc) is 2.39. The van der Waals surface area contributed by atoms with Gasteiger partial charge in [-0.15, -0.1) is 0 Å². The summed E-state index contributed by atoms with van der Waals surface area (Å²) < 4.78 is 5.09. The molecular formula is C14H10Cl2O2. The van der Waals surface area contributed by atoms with Crippen LogP contribution in [0, 0.1) is 0 Å². The van der Waals surface area contributed by atoms with E-state index in [-0.39, 0.29) is 0 Å². The van der Waals surface area contributed by atoms with Crippen LogP contribution in [-0.2, 0) is 0 Å². The van der Waals surface area contributed by atoms with Crippen molar-refractivity contribution in [1.82, 2.24) is 0 Å². The van der Waals surface area contributed by atoms with Crippen molar-refractivity contribution in [3.63, 3.8) is 0 Å². The maximum Gasteiger partial charge on any atom is 0.151 e. The molecule has 0 fully saturated rings. The van der Waals surface area contributed by atoms with Crippen molar-refractivity contribution in [2.45, 2.75) is 0 Å². The SMILES string of the molecule is COc1ccc(-c2ccc(Cl)c(C=O)c2)cc1Cl. The normalized spacial score (nSPS) is 10.2. The molecule has 2 rings (SSSR count). The zero-order valence-corrected chi connectivity index (χ0v) is 11.1. The summed E-state index contributed by atoms with van der Waals surface area (Å²) in [5, 5.41) is 0.964. The van der Waals surface area contributed by atoms with Gasteiger partial charge in [-0.25, -0.2) is 0 Å². The van der Waals surface area contributed by atoms with E-state index >= 15 is 0 Å². The van der Waals surface area contributed by atoms with Gasteiger partial charge >= 0.3 is 0 Å². The molecule has 0 atom stereocenters. The zero-order chi connectivity index (χ0) is 13.1. The van der Waals surface area contributed by atoms with Crippen LogP contribution in [0.1, 0.15) is 10.4 Å². The Morgan fingerprint density at radius 3 is 2.28 bits per heavy atom. The predicted molar refractivity (Wildman–Crippen MR) is 73.8 cm³/mol. The van der Waals surface area contributed by atoms with Crippen LogP contribution in [0.4, 0.5) is 0 Å². The van der Waals surface area contributed by atoms with Crippen LogP contribution >= 0.6 is 23.2 Å². The lowest BCUT2D eigenvalue weighted by Gasteiger charge is -2.07. The molecule has 0 aliphatic heterocycles. The highest BCUT2D eigenvalue weighted by Crippen LogP contribution is 2.31. The van der Waals surface area contributed by atoms with E-state index in [1.54, 1.807) is 31.4 Å². The van der Waals surface area contributed by atoms with Gasteiger partial charge in [0.15, 0.2) is 6.29 Å². The first kappa shape index (κ1) is 12.9. The maximum atomic E-state index is 10.8. The Morgan fingerprint density at radius 2 is 1.67 bits per heavy atom. The minimum absolute atomic E-state index is 0.438. The summed E-state index contributed by atoms with van der Waals surface area (Å²) in [5.74, 6) is 0.616. The van der Waals surface area contributed by atoms with Crippen LogP contribution < -0.4 is 4.74 Å². The van der Waals surface area contributed by atoms with Gasteiger partial charge in [0.25, 0.3) is 0 Å². The lowest BCUT2D eigenvalue weighted by molar-refractivity contribution is 0.112. The lowest BCUT2D eigenvalue weighted by atomic mass is 10.0. The Balaban J connectivity index is 2.48. The van der Waals surface area contributed by atoms with E-state index < -0.39 is 0 Å². The summed E-state index contributed by atoms with van der Waals surface area (Å²) in [6.45, 7) is 0. The zero-order valence-electron chi connectivity index (χ0n) is 9.61. The molecule has 0 aliphatic rings. The Kier molecular flexibility index (Phi) is 3.90. The number of halogens is 2. The van der Waals surface area contributed by atoms with Gasteiger partial charge in [-0.05, 0) is 35.4 Å². The highest BCUT2D eigenvalue weighted by atomic mass is 35.5. The number of aldehydes is 1. The predicted octanol–water partition coefficient (Wildman–Crippen LogP) is 4.48. The van der Waals surface area contributed by atoms with Crippen LogP contribution in [0.2, 0.25) is 10.0 Å². The molecule has 0 heterocycles. The number of methoxy groups -OCH3 is 1. The maximum absolute atomic E-state index is 10.8. The molecule has 0 aromatic heterocycles. The van der Waals surface area contributed by atoms with Gasteiger partial charge in [0, 0.05) is 5.56 Å². The number of rotatable bonds is 3. The third-order valence-corrected chi connectivity index (χ3v) is 3.25. The van der Waals surface area contributed by atoms with Crippen molar-refractivity contribution in [3.8, 4) is 16.9 Å². The van der Waals surface area contributed by atoms with Crippen molar-refractivity contribution in [2.75, 3.05) is 7.11 Å². The average molecular weight is 281 g/mol. The second-order valence-electron chi connectivity index (χ2n) is 3.70. The number of hydrogen-bond donors (Lipinski definition) is 0. The monoisotopic (exact) mass is 280 g/mol. The van der Waals surface area contributed by atoms with E-state index in [2.05, 4.69) is 0 Å². The van der Waals surface area contributed by atoms with E-state index in [0.29, 0.717) is 21.4 Å². The molecule has 2 aromatic rings. The molecule has 2 nitrogen and oxygen atoms in total. The number of carbonyl (C=O) groups excluding carboxylic acids is 1. The molecule has 0 unspecified atom stereocenters. The highest BCUT2D eigenvalue weighted by molar-refractivity contribution is 6.33. The fourth-order valence-corrected chi connectivity index (χ4v) is 2.08. The second-order valence-corrected chi connectivity index (χ2v) is 4.52. The first-order valence-corrected chi connectivity index (χ1v) is 6.00. The van der Waals surface area contributed by atoms with Crippen molar-refractivity contribution in [3.05, 3.63) is 52.0 Å². The number of benzene rings is 2. The van der Waals surface area contributed by atoms with Gasteiger partial charge in [-0.1, -0.05) is 35.3 Å². The number of hydrogen-bond acceptors (Lipinski definition) is 2. The quantitative estimate of drug-likeness (QED) is 0.775. The first-order valence-electron chi connectivity index (χ1n) is 5.24. The van der Waals surface area contributed by atoms with Gasteiger partial charge < -0.3 is 4.74 Å². The first-order chi connectivity index (χ1) is 8.65. The summed E-state index contributed by atoms with van der Waals surface area (Å²) in [6, 6.07) is 10.7. The Bertz CT molecular complexity index is 594. The fraction of sp³-hybridized carbons (Fsp3) is 0.0714. The standard InChI is InChI=1S/C14H10Cl2O2/c1-18-14-5-3-10(7-13(14)16)9-2-4-12(15)11(6-9)8-17/h2-8H,1H3. The Morgan fingerprint density at radius 1 is 1.00 bits per heavy atom. The topological polar surface area (TPSA) is 26.3 Å². The van der Waals surface area contributed by atoms with Crippen LogP contribution in [0.5, 0.6) is 5.75 Å². The summed E-state index contributed by atoms with van der Waals surface area (Å²) in [6.07, 6.45) is 0.733. The third kappa shape index (κ3) is 2.50. The summed E-state index contributed by atoms with van der Waals surface area (Å²) in [4.78, 5) is 10.8. The van der Waals surface area contributed by atoms with E-state index in [0.717, 1.165) is 17.4 Å². The molecule has 0 spiro atoms. The van der Waals surface area contributed by atoms with Gasteiger partial charge in [-0.3, -0.25) is 4.79 Å². The van der Waals surface area contributed by atoms with E-state index in [1.165, 1.54) is 0 Å². The summed E-state index contributed by atoms with van der Waals surface area (Å²) in [7, 11) is 1.56. The molecule has 0 radical (unpaired) electrons. The molecule has 2 aromatic carbocycles. The molecule has 18 heavy (non-hydrogen) atoms. The highest BCUT2D eigenvalue weighted by Gasteiger charge is 2.06. The van der Waals surface area contributed by atoms with Crippen molar-refractivity contribution < 1.29 is 9.53 Å². The molecular weight excluding hydrogens is 271 g/mol. The smallest absolute Gasteiger partial charge is 0.151 e. The van der Waals surface area contributed by atoms with Crippen LogP contribution in [0.3, 0.4) is 0 Å². The molecule has 0 saturated heterocycles.